The quantitative estimate of drug-likeness (QED) is 0.859. The molecule has 0 spiro atoms. The first-order chi connectivity index (χ1) is 12.2. The van der Waals surface area contributed by atoms with Crippen molar-refractivity contribution in [3.05, 3.63) is 47.3 Å². The van der Waals surface area contributed by atoms with E-state index >= 15 is 0 Å². The molecule has 138 valence electrons. The number of hydrogen-bond acceptors (Lipinski definition) is 5. The molecule has 0 saturated carbocycles. The van der Waals surface area contributed by atoms with Gasteiger partial charge in [0.25, 0.3) is 10.0 Å². The van der Waals surface area contributed by atoms with Crippen LogP contribution < -0.4 is 5.32 Å². The molecule has 0 unspecified atom stereocenters. The van der Waals surface area contributed by atoms with Gasteiger partial charge in [-0.3, -0.25) is 9.48 Å². The summed E-state index contributed by atoms with van der Waals surface area (Å²) in [7, 11) is -0.208. The van der Waals surface area contributed by atoms with E-state index in [2.05, 4.69) is 14.8 Å². The van der Waals surface area contributed by atoms with Crippen molar-refractivity contribution < 1.29 is 13.2 Å². The van der Waals surface area contributed by atoms with Crippen molar-refractivity contribution >= 4 is 21.8 Å². The van der Waals surface area contributed by atoms with Crippen molar-refractivity contribution in [2.45, 2.75) is 24.8 Å². The Bertz CT molecular complexity index is 994. The largest absolute Gasteiger partial charge is 0.349 e. The second-order valence-corrected chi connectivity index (χ2v) is 7.91. The van der Waals surface area contributed by atoms with Gasteiger partial charge in [0.1, 0.15) is 4.90 Å². The Balaban J connectivity index is 1.72. The van der Waals surface area contributed by atoms with E-state index in [1.807, 2.05) is 20.9 Å². The van der Waals surface area contributed by atoms with E-state index in [0.717, 1.165) is 11.3 Å². The topological polar surface area (TPSA) is 96.7 Å². The summed E-state index contributed by atoms with van der Waals surface area (Å²) in [5.41, 5.74) is 2.43. The third-order valence-electron chi connectivity index (χ3n) is 4.47. The highest BCUT2D eigenvalue weighted by Gasteiger charge is 2.31. The van der Waals surface area contributed by atoms with Crippen molar-refractivity contribution in [2.75, 3.05) is 13.6 Å². The average Bonchev–Trinajstić information content (AvgIpc) is 3.05. The number of amides is 1. The Morgan fingerprint density at radius 2 is 2.04 bits per heavy atom. The minimum absolute atomic E-state index is 0.00760. The van der Waals surface area contributed by atoms with Gasteiger partial charge in [0, 0.05) is 30.9 Å². The molecule has 26 heavy (non-hydrogen) atoms. The van der Waals surface area contributed by atoms with Crippen LogP contribution in [0.5, 0.6) is 0 Å². The zero-order valence-electron chi connectivity index (χ0n) is 15.1. The van der Waals surface area contributed by atoms with E-state index in [0.29, 0.717) is 5.56 Å². The molecule has 0 radical (unpaired) electrons. The Labute approximate surface area is 152 Å². The first-order valence-corrected chi connectivity index (χ1v) is 9.58. The lowest BCUT2D eigenvalue weighted by Gasteiger charge is -2.20. The number of carbonyl (C=O) groups is 1. The monoisotopic (exact) mass is 375 g/mol. The molecule has 8 nitrogen and oxygen atoms in total. The number of nitrogens with one attached hydrogen (secondary N) is 1. The van der Waals surface area contributed by atoms with Crippen LogP contribution in [0.3, 0.4) is 0 Å². The van der Waals surface area contributed by atoms with E-state index in [-0.39, 0.29) is 29.2 Å². The van der Waals surface area contributed by atoms with Crippen LogP contribution in [-0.4, -0.2) is 48.4 Å². The van der Waals surface area contributed by atoms with Crippen LogP contribution in [0.4, 0.5) is 0 Å². The third-order valence-corrected chi connectivity index (χ3v) is 5.80. The Kier molecular flexibility index (Phi) is 4.57. The Hall–Kier alpha value is -2.68. The number of amidine groups is 1. The summed E-state index contributed by atoms with van der Waals surface area (Å²) < 4.78 is 29.8. The highest BCUT2D eigenvalue weighted by atomic mass is 32.2. The number of fused-ring (bicyclic) bond motifs is 1. The maximum atomic E-state index is 12.4. The number of benzene rings is 1. The molecule has 3 rings (SSSR count). The molecule has 0 aliphatic carbocycles. The number of nitrogens with zero attached hydrogens (tertiary/aromatic N) is 4. The first-order valence-electron chi connectivity index (χ1n) is 8.14. The lowest BCUT2D eigenvalue weighted by Crippen LogP contribution is -2.39. The number of aryl methyl sites for hydroxylation is 1. The van der Waals surface area contributed by atoms with Crippen molar-refractivity contribution in [1.82, 2.24) is 20.0 Å². The predicted octanol–water partition coefficient (Wildman–Crippen LogP) is 0.987. The molecule has 0 saturated heterocycles. The molecular weight excluding hydrogens is 354 g/mol. The third kappa shape index (κ3) is 3.22. The molecule has 1 N–H and O–H groups in total. The minimum Gasteiger partial charge on any atom is -0.349 e. The summed E-state index contributed by atoms with van der Waals surface area (Å²) in [5, 5.41) is 7.09. The standard InChI is InChI=1S/C17H21N5O3S/c1-11(14-9-18-22(4)12(14)2)19-16(23)10-21(3)17-13-7-5-6-8-15(13)26(24,25)20-17/h5-9,11H,10H2,1-4H3,(H,19,23)/t11-/m0/s1. The highest BCUT2D eigenvalue weighted by Crippen LogP contribution is 2.26. The molecule has 1 aliphatic rings. The first kappa shape index (κ1) is 18.1. The minimum atomic E-state index is -3.70. The van der Waals surface area contributed by atoms with E-state index in [1.165, 1.54) is 6.07 Å². The second kappa shape index (κ2) is 6.56. The fourth-order valence-electron chi connectivity index (χ4n) is 2.96. The number of aromatic nitrogens is 2. The number of sulfonamides is 1. The van der Waals surface area contributed by atoms with Gasteiger partial charge in [0.15, 0.2) is 5.84 Å². The van der Waals surface area contributed by atoms with Crippen LogP contribution in [0.25, 0.3) is 0 Å². The summed E-state index contributed by atoms with van der Waals surface area (Å²) in [6.07, 6.45) is 1.73. The molecule has 0 bridgehead atoms. The molecular formula is C17H21N5O3S. The van der Waals surface area contributed by atoms with Gasteiger partial charge in [0.05, 0.1) is 18.8 Å². The number of carbonyl (C=O) groups excluding carboxylic acids is 1. The van der Waals surface area contributed by atoms with E-state index in [9.17, 15) is 13.2 Å². The van der Waals surface area contributed by atoms with Crippen LogP contribution in [-0.2, 0) is 21.9 Å². The fraction of sp³-hybridized carbons (Fsp3) is 0.353. The number of rotatable bonds is 4. The molecule has 1 aromatic carbocycles. The van der Waals surface area contributed by atoms with Gasteiger partial charge in [-0.25, -0.2) is 0 Å². The Morgan fingerprint density at radius 1 is 1.35 bits per heavy atom. The van der Waals surface area contributed by atoms with Crippen LogP contribution >= 0.6 is 0 Å². The molecule has 2 aromatic rings. The molecule has 0 fully saturated rings. The lowest BCUT2D eigenvalue weighted by molar-refractivity contribution is -0.121. The normalized spacial score (nSPS) is 15.9. The van der Waals surface area contributed by atoms with Gasteiger partial charge in [-0.2, -0.15) is 13.5 Å². The molecule has 1 aliphatic heterocycles. The van der Waals surface area contributed by atoms with Crippen LogP contribution in [0.1, 0.15) is 29.8 Å². The summed E-state index contributed by atoms with van der Waals surface area (Å²) in [5.74, 6) is 0.0497. The van der Waals surface area contributed by atoms with Gasteiger partial charge in [0.2, 0.25) is 5.91 Å². The zero-order chi connectivity index (χ0) is 19.1. The van der Waals surface area contributed by atoms with Crippen molar-refractivity contribution in [3.63, 3.8) is 0 Å². The summed E-state index contributed by atoms with van der Waals surface area (Å²) >= 11 is 0. The molecule has 9 heteroatoms. The maximum absolute atomic E-state index is 12.4. The van der Waals surface area contributed by atoms with Gasteiger partial charge in [-0.05, 0) is 26.0 Å². The summed E-state index contributed by atoms with van der Waals surface area (Å²) in [4.78, 5) is 14.1. The van der Waals surface area contributed by atoms with Crippen LogP contribution in [0.2, 0.25) is 0 Å². The molecule has 1 atom stereocenters. The second-order valence-electron chi connectivity index (χ2n) is 6.34. The van der Waals surface area contributed by atoms with Crippen LogP contribution in [0.15, 0.2) is 39.8 Å². The van der Waals surface area contributed by atoms with Crippen molar-refractivity contribution in [3.8, 4) is 0 Å². The fourth-order valence-corrected chi connectivity index (χ4v) is 4.21. The van der Waals surface area contributed by atoms with Gasteiger partial charge in [-0.1, -0.05) is 12.1 Å². The van der Waals surface area contributed by atoms with E-state index in [1.54, 1.807) is 41.0 Å². The SMILES string of the molecule is Cc1c([C@H](C)NC(=O)CN(C)C2=NS(=O)(=O)c3ccccc32)cnn1C. The summed E-state index contributed by atoms with van der Waals surface area (Å²) in [6.45, 7) is 3.81. The summed E-state index contributed by atoms with van der Waals surface area (Å²) in [6, 6.07) is 6.40. The Morgan fingerprint density at radius 3 is 2.69 bits per heavy atom. The smallest absolute Gasteiger partial charge is 0.285 e. The van der Waals surface area contributed by atoms with Crippen LogP contribution in [0, 0.1) is 6.92 Å². The molecule has 1 amide bonds. The lowest BCUT2D eigenvalue weighted by atomic mass is 10.1. The van der Waals surface area contributed by atoms with Crippen molar-refractivity contribution in [2.24, 2.45) is 11.4 Å². The number of likely N-dealkylation sites (N-methyl/N-ethyl adjacent to an activating group) is 1. The van der Waals surface area contributed by atoms with Gasteiger partial charge in [-0.15, -0.1) is 4.40 Å². The van der Waals surface area contributed by atoms with Gasteiger partial charge >= 0.3 is 0 Å². The number of hydrogen-bond donors (Lipinski definition) is 1. The maximum Gasteiger partial charge on any atom is 0.285 e. The molecule has 1 aromatic heterocycles. The molecule has 2 heterocycles. The average molecular weight is 375 g/mol. The predicted molar refractivity (Wildman–Crippen MR) is 97.3 cm³/mol. The van der Waals surface area contributed by atoms with Gasteiger partial charge < -0.3 is 10.2 Å². The zero-order valence-corrected chi connectivity index (χ0v) is 15.9. The van der Waals surface area contributed by atoms with E-state index < -0.39 is 10.0 Å². The highest BCUT2D eigenvalue weighted by molar-refractivity contribution is 7.90. The van der Waals surface area contributed by atoms with E-state index in [4.69, 9.17) is 0 Å². The van der Waals surface area contributed by atoms with Crippen molar-refractivity contribution in [1.29, 1.82) is 0 Å².